The van der Waals surface area contributed by atoms with Gasteiger partial charge in [-0.2, -0.15) is 5.10 Å². The first kappa shape index (κ1) is 26.1. The minimum atomic E-state index is 0. The molecule has 3 rings (SSSR count). The highest BCUT2D eigenvalue weighted by Crippen LogP contribution is 2.11. The Bertz CT molecular complexity index is 837. The lowest BCUT2D eigenvalue weighted by Crippen LogP contribution is -2.46. The molecule has 9 nitrogen and oxygen atoms in total. The number of carbonyl (C=O) groups is 1. The van der Waals surface area contributed by atoms with Crippen LogP contribution in [-0.4, -0.2) is 91.5 Å². The van der Waals surface area contributed by atoms with E-state index in [1.165, 1.54) is 5.56 Å². The Hall–Kier alpha value is -2.18. The number of halogens is 1. The van der Waals surface area contributed by atoms with E-state index >= 15 is 0 Å². The number of carbonyl (C=O) groups excluding carboxylic acids is 1. The molecule has 0 saturated carbocycles. The third-order valence-corrected chi connectivity index (χ3v) is 5.15. The smallest absolute Gasteiger partial charge is 0.241 e. The Labute approximate surface area is 207 Å². The maximum atomic E-state index is 12.0. The third kappa shape index (κ3) is 8.75. The van der Waals surface area contributed by atoms with Gasteiger partial charge in [-0.3, -0.25) is 14.4 Å². The van der Waals surface area contributed by atoms with E-state index in [-0.39, 0.29) is 36.4 Å². The lowest BCUT2D eigenvalue weighted by Gasteiger charge is -2.26. The lowest BCUT2D eigenvalue weighted by atomic mass is 10.1. The molecule has 32 heavy (non-hydrogen) atoms. The molecule has 1 aromatic carbocycles. The summed E-state index contributed by atoms with van der Waals surface area (Å²) in [6.45, 7) is 6.52. The van der Waals surface area contributed by atoms with E-state index in [1.807, 2.05) is 29.1 Å². The van der Waals surface area contributed by atoms with E-state index in [4.69, 9.17) is 9.73 Å². The van der Waals surface area contributed by atoms with Crippen molar-refractivity contribution in [2.45, 2.75) is 13.1 Å². The third-order valence-electron chi connectivity index (χ3n) is 5.15. The summed E-state index contributed by atoms with van der Waals surface area (Å²) in [6, 6.07) is 10.1. The summed E-state index contributed by atoms with van der Waals surface area (Å²) in [6.07, 6.45) is 3.73. The van der Waals surface area contributed by atoms with E-state index in [9.17, 15) is 4.79 Å². The van der Waals surface area contributed by atoms with Crippen LogP contribution in [0.5, 0.6) is 0 Å². The van der Waals surface area contributed by atoms with Crippen molar-refractivity contribution in [2.75, 3.05) is 60.0 Å². The topological polar surface area (TPSA) is 87.0 Å². The number of nitrogens with zero attached hydrogens (tertiary/aromatic N) is 5. The molecule has 2 heterocycles. The average Bonchev–Trinajstić information content (AvgIpc) is 3.29. The molecule has 2 aromatic rings. The van der Waals surface area contributed by atoms with Gasteiger partial charge < -0.3 is 20.3 Å². The summed E-state index contributed by atoms with van der Waals surface area (Å²) < 4.78 is 7.30. The molecule has 1 aromatic heterocycles. The minimum absolute atomic E-state index is 0. The Balaban J connectivity index is 0.00000363. The van der Waals surface area contributed by atoms with Crippen molar-refractivity contribution >= 4 is 35.8 Å². The second-order valence-electron chi connectivity index (χ2n) is 7.66. The molecule has 1 amide bonds. The normalized spacial score (nSPS) is 14.5. The molecule has 0 aliphatic carbocycles. The van der Waals surface area contributed by atoms with Gasteiger partial charge in [0.15, 0.2) is 5.96 Å². The highest BCUT2D eigenvalue weighted by molar-refractivity contribution is 14.0. The number of guanidine groups is 1. The summed E-state index contributed by atoms with van der Waals surface area (Å²) >= 11 is 0. The van der Waals surface area contributed by atoms with Gasteiger partial charge >= 0.3 is 0 Å². The standard InChI is InChI=1S/C22H33N7O2.HI/c1-27(2)21(30)17-25-22(23-9-11-28-12-14-31-15-13-28)24-16-19-6-3-4-7-20(19)18-29-10-5-8-26-29;/h3-8,10H,9,11-18H2,1-2H3,(H2,23,24,25);1H. The van der Waals surface area contributed by atoms with Gasteiger partial charge in [0, 0.05) is 52.7 Å². The zero-order chi connectivity index (χ0) is 21.9. The molecule has 10 heteroatoms. The molecule has 1 fully saturated rings. The molecule has 1 aliphatic heterocycles. The maximum absolute atomic E-state index is 12.0. The van der Waals surface area contributed by atoms with Crippen LogP contribution in [0.15, 0.2) is 47.7 Å². The number of aromatic nitrogens is 2. The molecule has 0 spiro atoms. The van der Waals surface area contributed by atoms with Gasteiger partial charge in [-0.05, 0) is 17.2 Å². The van der Waals surface area contributed by atoms with Gasteiger partial charge in [-0.1, -0.05) is 24.3 Å². The van der Waals surface area contributed by atoms with Crippen molar-refractivity contribution in [3.63, 3.8) is 0 Å². The van der Waals surface area contributed by atoms with E-state index in [0.29, 0.717) is 19.0 Å². The molecule has 2 N–H and O–H groups in total. The van der Waals surface area contributed by atoms with Crippen molar-refractivity contribution < 1.29 is 9.53 Å². The number of benzene rings is 1. The monoisotopic (exact) mass is 555 g/mol. The van der Waals surface area contributed by atoms with Gasteiger partial charge in [0.05, 0.1) is 32.8 Å². The van der Waals surface area contributed by atoms with E-state index in [2.05, 4.69) is 32.8 Å². The highest BCUT2D eigenvalue weighted by Gasteiger charge is 2.11. The molecule has 1 aliphatic rings. The Morgan fingerprint density at radius 1 is 1.16 bits per heavy atom. The molecule has 1 saturated heterocycles. The van der Waals surface area contributed by atoms with Gasteiger partial charge in [0.25, 0.3) is 0 Å². The second kappa shape index (κ2) is 14.1. The summed E-state index contributed by atoms with van der Waals surface area (Å²) in [5.74, 6) is 0.638. The molecular formula is C22H34IN7O2. The van der Waals surface area contributed by atoms with Crippen LogP contribution >= 0.6 is 24.0 Å². The molecule has 0 unspecified atom stereocenters. The number of ether oxygens (including phenoxy) is 1. The van der Waals surface area contributed by atoms with Crippen molar-refractivity contribution in [1.29, 1.82) is 0 Å². The van der Waals surface area contributed by atoms with E-state index < -0.39 is 0 Å². The first-order valence-electron chi connectivity index (χ1n) is 10.7. The van der Waals surface area contributed by atoms with E-state index in [1.54, 1.807) is 25.2 Å². The Kier molecular flexibility index (Phi) is 11.5. The molecule has 0 bridgehead atoms. The van der Waals surface area contributed by atoms with Crippen LogP contribution in [-0.2, 0) is 22.6 Å². The van der Waals surface area contributed by atoms with Crippen LogP contribution in [0.1, 0.15) is 11.1 Å². The SMILES string of the molecule is CN(C)C(=O)CNC(=NCc1ccccc1Cn1cccn1)NCCN1CCOCC1.I. The van der Waals surface area contributed by atoms with Crippen LogP contribution in [0.2, 0.25) is 0 Å². The number of morpholine rings is 1. The number of likely N-dealkylation sites (N-methyl/N-ethyl adjacent to an activating group) is 1. The molecule has 0 atom stereocenters. The first-order valence-corrected chi connectivity index (χ1v) is 10.7. The van der Waals surface area contributed by atoms with Gasteiger partial charge in [-0.15, -0.1) is 24.0 Å². The van der Waals surface area contributed by atoms with Crippen LogP contribution in [0.4, 0.5) is 0 Å². The average molecular weight is 555 g/mol. The molecule has 176 valence electrons. The van der Waals surface area contributed by atoms with Crippen molar-refractivity contribution in [3.8, 4) is 0 Å². The number of hydrogen-bond acceptors (Lipinski definition) is 5. The number of rotatable bonds is 9. The number of aliphatic imine (C=N–C) groups is 1. The number of amides is 1. The largest absolute Gasteiger partial charge is 0.379 e. The van der Waals surface area contributed by atoms with Crippen molar-refractivity contribution in [3.05, 3.63) is 53.9 Å². The van der Waals surface area contributed by atoms with Crippen LogP contribution in [0.25, 0.3) is 0 Å². The summed E-state index contributed by atoms with van der Waals surface area (Å²) in [7, 11) is 3.50. The Morgan fingerprint density at radius 2 is 1.91 bits per heavy atom. The molecular weight excluding hydrogens is 521 g/mol. The van der Waals surface area contributed by atoms with Crippen LogP contribution < -0.4 is 10.6 Å². The first-order chi connectivity index (χ1) is 15.1. The summed E-state index contributed by atoms with van der Waals surface area (Å²) in [4.78, 5) is 20.7. The minimum Gasteiger partial charge on any atom is -0.379 e. The Morgan fingerprint density at radius 3 is 2.59 bits per heavy atom. The number of hydrogen-bond donors (Lipinski definition) is 2. The van der Waals surface area contributed by atoms with Gasteiger partial charge in [0.2, 0.25) is 5.91 Å². The van der Waals surface area contributed by atoms with Crippen molar-refractivity contribution in [2.24, 2.45) is 4.99 Å². The van der Waals surface area contributed by atoms with Crippen LogP contribution in [0.3, 0.4) is 0 Å². The fourth-order valence-electron chi connectivity index (χ4n) is 3.25. The summed E-state index contributed by atoms with van der Waals surface area (Å²) in [5, 5.41) is 10.8. The fourth-order valence-corrected chi connectivity index (χ4v) is 3.25. The predicted octanol–water partition coefficient (Wildman–Crippen LogP) is 1.01. The highest BCUT2D eigenvalue weighted by atomic mass is 127. The fraction of sp³-hybridized carbons (Fsp3) is 0.500. The lowest BCUT2D eigenvalue weighted by molar-refractivity contribution is -0.127. The number of nitrogens with one attached hydrogen (secondary N) is 2. The zero-order valence-corrected chi connectivity index (χ0v) is 21.2. The quantitative estimate of drug-likeness (QED) is 0.273. The zero-order valence-electron chi connectivity index (χ0n) is 18.9. The predicted molar refractivity (Wildman–Crippen MR) is 136 cm³/mol. The van der Waals surface area contributed by atoms with Gasteiger partial charge in [0.1, 0.15) is 0 Å². The van der Waals surface area contributed by atoms with Crippen LogP contribution in [0, 0.1) is 0 Å². The summed E-state index contributed by atoms with van der Waals surface area (Å²) in [5.41, 5.74) is 2.30. The maximum Gasteiger partial charge on any atom is 0.241 e. The van der Waals surface area contributed by atoms with Gasteiger partial charge in [-0.25, -0.2) is 4.99 Å². The van der Waals surface area contributed by atoms with E-state index in [0.717, 1.165) is 45.0 Å². The molecule has 0 radical (unpaired) electrons. The van der Waals surface area contributed by atoms with Crippen molar-refractivity contribution in [1.82, 2.24) is 30.2 Å². The second-order valence-corrected chi connectivity index (χ2v) is 7.66.